The lowest BCUT2D eigenvalue weighted by atomic mass is 10.2. The highest BCUT2D eigenvalue weighted by Gasteiger charge is 2.37. The molecular weight excluding hydrogens is 464 g/mol. The molecule has 33 heavy (non-hydrogen) atoms. The van der Waals surface area contributed by atoms with Gasteiger partial charge in [0.25, 0.3) is 15.9 Å². The smallest absolute Gasteiger partial charge is 0.264 e. The number of nitrogens with one attached hydrogen (secondary N) is 1. The standard InChI is InChI=1S/C24H23ClN2O5S/c1-17-7-5-6-10-21(17)31-14-13-26-24(28)23-16-27(20-15-18(25)11-12-22(20)32-23)33(29,30)19-8-3-2-4-9-19/h2-12,15,23H,13-14,16H2,1H3,(H,26,28)/t23-/m1/s1. The number of anilines is 1. The Morgan fingerprint density at radius 3 is 2.61 bits per heavy atom. The van der Waals surface area contributed by atoms with Crippen LogP contribution in [-0.2, 0) is 14.8 Å². The quantitative estimate of drug-likeness (QED) is 0.513. The highest BCUT2D eigenvalue weighted by Crippen LogP contribution is 2.38. The van der Waals surface area contributed by atoms with Crippen LogP contribution in [0, 0.1) is 6.92 Å². The van der Waals surface area contributed by atoms with Gasteiger partial charge in [-0.1, -0.05) is 48.0 Å². The lowest BCUT2D eigenvalue weighted by Crippen LogP contribution is -2.51. The fraction of sp³-hybridized carbons (Fsp3) is 0.208. The Hall–Kier alpha value is -3.23. The molecule has 0 aliphatic carbocycles. The molecule has 0 saturated carbocycles. The Morgan fingerprint density at radius 2 is 1.85 bits per heavy atom. The van der Waals surface area contributed by atoms with Crippen molar-refractivity contribution in [1.82, 2.24) is 5.32 Å². The number of fused-ring (bicyclic) bond motifs is 1. The van der Waals surface area contributed by atoms with Crippen molar-refractivity contribution < 1.29 is 22.7 Å². The highest BCUT2D eigenvalue weighted by atomic mass is 35.5. The van der Waals surface area contributed by atoms with Gasteiger partial charge in [-0.2, -0.15) is 0 Å². The molecule has 3 aromatic carbocycles. The van der Waals surface area contributed by atoms with E-state index >= 15 is 0 Å². The third-order valence-electron chi connectivity index (χ3n) is 5.17. The van der Waals surface area contributed by atoms with E-state index in [9.17, 15) is 13.2 Å². The molecule has 1 aliphatic heterocycles. The second-order valence-corrected chi connectivity index (χ2v) is 9.77. The first kappa shape index (κ1) is 22.9. The van der Waals surface area contributed by atoms with E-state index in [1.165, 1.54) is 22.5 Å². The van der Waals surface area contributed by atoms with Gasteiger partial charge in [0.2, 0.25) is 0 Å². The molecule has 172 valence electrons. The first-order valence-corrected chi connectivity index (χ1v) is 12.2. The van der Waals surface area contributed by atoms with Gasteiger partial charge in [-0.25, -0.2) is 8.42 Å². The van der Waals surface area contributed by atoms with E-state index in [1.54, 1.807) is 30.3 Å². The minimum atomic E-state index is -3.93. The van der Waals surface area contributed by atoms with Crippen LogP contribution in [0.25, 0.3) is 0 Å². The summed E-state index contributed by atoms with van der Waals surface area (Å²) in [5.41, 5.74) is 1.29. The van der Waals surface area contributed by atoms with Crippen LogP contribution in [0.1, 0.15) is 5.56 Å². The molecule has 0 fully saturated rings. The summed E-state index contributed by atoms with van der Waals surface area (Å²) >= 11 is 6.11. The van der Waals surface area contributed by atoms with Crippen LogP contribution in [0.5, 0.6) is 11.5 Å². The number of para-hydroxylation sites is 1. The van der Waals surface area contributed by atoms with Crippen LogP contribution >= 0.6 is 11.6 Å². The summed E-state index contributed by atoms with van der Waals surface area (Å²) in [4.78, 5) is 12.9. The zero-order valence-corrected chi connectivity index (χ0v) is 19.5. The first-order valence-electron chi connectivity index (χ1n) is 10.4. The summed E-state index contributed by atoms with van der Waals surface area (Å²) in [5.74, 6) is 0.574. The SMILES string of the molecule is Cc1ccccc1OCCNC(=O)[C@H]1CN(S(=O)(=O)c2ccccc2)c2cc(Cl)ccc2O1. The van der Waals surface area contributed by atoms with E-state index in [1.807, 2.05) is 31.2 Å². The molecule has 0 bridgehead atoms. The predicted octanol–water partition coefficient (Wildman–Crippen LogP) is 3.80. The third kappa shape index (κ3) is 5.07. The average Bonchev–Trinajstić information content (AvgIpc) is 2.82. The number of halogens is 1. The molecule has 4 rings (SSSR count). The normalized spacial score (nSPS) is 15.3. The molecule has 0 radical (unpaired) electrons. The summed E-state index contributed by atoms with van der Waals surface area (Å²) in [7, 11) is -3.93. The number of hydrogen-bond acceptors (Lipinski definition) is 5. The van der Waals surface area contributed by atoms with Gasteiger partial charge >= 0.3 is 0 Å². The van der Waals surface area contributed by atoms with Crippen molar-refractivity contribution >= 4 is 33.2 Å². The first-order chi connectivity index (χ1) is 15.9. The van der Waals surface area contributed by atoms with Crippen molar-refractivity contribution in [1.29, 1.82) is 0 Å². The van der Waals surface area contributed by atoms with Gasteiger partial charge in [0.15, 0.2) is 6.10 Å². The van der Waals surface area contributed by atoms with E-state index < -0.39 is 22.0 Å². The summed E-state index contributed by atoms with van der Waals surface area (Å²) in [5, 5.41) is 3.12. The number of amides is 1. The molecule has 1 N–H and O–H groups in total. The molecule has 7 nitrogen and oxygen atoms in total. The zero-order chi connectivity index (χ0) is 23.4. The summed E-state index contributed by atoms with van der Waals surface area (Å²) in [6.45, 7) is 2.26. The minimum absolute atomic E-state index is 0.114. The predicted molar refractivity (Wildman–Crippen MR) is 127 cm³/mol. The molecule has 1 atom stereocenters. The van der Waals surface area contributed by atoms with Crippen molar-refractivity contribution in [2.75, 3.05) is 24.0 Å². The Kier molecular flexibility index (Phi) is 6.76. The van der Waals surface area contributed by atoms with Crippen LogP contribution in [0.15, 0.2) is 77.7 Å². The maximum absolute atomic E-state index is 13.4. The van der Waals surface area contributed by atoms with E-state index in [2.05, 4.69) is 5.32 Å². The van der Waals surface area contributed by atoms with Gasteiger partial charge in [-0.15, -0.1) is 0 Å². The minimum Gasteiger partial charge on any atom is -0.491 e. The Bertz CT molecular complexity index is 1250. The number of nitrogens with zero attached hydrogens (tertiary/aromatic N) is 1. The van der Waals surface area contributed by atoms with Gasteiger partial charge in [-0.05, 0) is 48.9 Å². The molecular formula is C24H23ClN2O5S. The summed E-state index contributed by atoms with van der Waals surface area (Å²) in [6.07, 6.45) is -1.03. The van der Waals surface area contributed by atoms with E-state index in [-0.39, 0.29) is 30.3 Å². The topological polar surface area (TPSA) is 84.9 Å². The van der Waals surface area contributed by atoms with Crippen LogP contribution in [-0.4, -0.2) is 40.1 Å². The number of carbonyl (C=O) groups excluding carboxylic acids is 1. The van der Waals surface area contributed by atoms with Gasteiger partial charge in [0.05, 0.1) is 23.7 Å². The fourth-order valence-corrected chi connectivity index (χ4v) is 5.13. The Balaban J connectivity index is 1.49. The lowest BCUT2D eigenvalue weighted by molar-refractivity contribution is -0.127. The van der Waals surface area contributed by atoms with Gasteiger partial charge in [0, 0.05) is 5.02 Å². The van der Waals surface area contributed by atoms with Crippen molar-refractivity contribution in [3.8, 4) is 11.5 Å². The number of ether oxygens (including phenoxy) is 2. The average molecular weight is 487 g/mol. The molecule has 0 spiro atoms. The number of rotatable bonds is 7. The van der Waals surface area contributed by atoms with Crippen LogP contribution in [0.3, 0.4) is 0 Å². The third-order valence-corrected chi connectivity index (χ3v) is 7.20. The second kappa shape index (κ2) is 9.72. The molecule has 1 amide bonds. The van der Waals surface area contributed by atoms with Crippen LogP contribution < -0.4 is 19.1 Å². The van der Waals surface area contributed by atoms with Crippen molar-refractivity contribution in [2.45, 2.75) is 17.9 Å². The molecule has 0 saturated heterocycles. The van der Waals surface area contributed by atoms with Crippen molar-refractivity contribution in [2.24, 2.45) is 0 Å². The maximum Gasteiger partial charge on any atom is 0.264 e. The molecule has 3 aromatic rings. The monoisotopic (exact) mass is 486 g/mol. The van der Waals surface area contributed by atoms with Crippen LogP contribution in [0.4, 0.5) is 5.69 Å². The molecule has 9 heteroatoms. The summed E-state index contributed by atoms with van der Waals surface area (Å²) in [6, 6.07) is 20.3. The summed E-state index contributed by atoms with van der Waals surface area (Å²) < 4.78 is 39.4. The number of hydrogen-bond donors (Lipinski definition) is 1. The molecule has 0 unspecified atom stereocenters. The maximum atomic E-state index is 13.4. The van der Waals surface area contributed by atoms with Gasteiger partial charge in [-0.3, -0.25) is 9.10 Å². The van der Waals surface area contributed by atoms with Crippen molar-refractivity contribution in [3.63, 3.8) is 0 Å². The molecule has 1 aliphatic rings. The highest BCUT2D eigenvalue weighted by molar-refractivity contribution is 7.92. The van der Waals surface area contributed by atoms with E-state index in [0.717, 1.165) is 11.3 Å². The number of carbonyl (C=O) groups is 1. The zero-order valence-electron chi connectivity index (χ0n) is 17.9. The fourth-order valence-electron chi connectivity index (χ4n) is 3.48. The molecule has 0 aromatic heterocycles. The van der Waals surface area contributed by atoms with Gasteiger partial charge in [0.1, 0.15) is 18.1 Å². The Labute approximate surface area is 197 Å². The van der Waals surface area contributed by atoms with Crippen molar-refractivity contribution in [3.05, 3.63) is 83.4 Å². The Morgan fingerprint density at radius 1 is 1.12 bits per heavy atom. The van der Waals surface area contributed by atoms with E-state index in [4.69, 9.17) is 21.1 Å². The van der Waals surface area contributed by atoms with Crippen LogP contribution in [0.2, 0.25) is 5.02 Å². The van der Waals surface area contributed by atoms with E-state index in [0.29, 0.717) is 10.7 Å². The molecule has 1 heterocycles. The largest absolute Gasteiger partial charge is 0.491 e. The van der Waals surface area contributed by atoms with Gasteiger partial charge < -0.3 is 14.8 Å². The lowest BCUT2D eigenvalue weighted by Gasteiger charge is -2.34. The second-order valence-electron chi connectivity index (χ2n) is 7.47. The number of benzene rings is 3. The number of sulfonamides is 1. The number of aryl methyl sites for hydroxylation is 1.